The largest absolute Gasteiger partial charge is 0.495 e. The van der Waals surface area contributed by atoms with Gasteiger partial charge < -0.3 is 18.9 Å². The van der Waals surface area contributed by atoms with E-state index in [1.54, 1.807) is 33.5 Å². The van der Waals surface area contributed by atoms with Crippen LogP contribution < -0.4 is 23.7 Å². The highest BCUT2D eigenvalue weighted by Gasteiger charge is 2.17. The molecule has 0 fully saturated rings. The SMILES string of the molecule is COc1ccc(C=Cc2cc(OC)c(OC)c(OC)c2)cc1NS(=O)(=O)c1ccc(Cl)cc1. The molecule has 0 aliphatic carbocycles. The number of methoxy groups -OCH3 is 4. The molecule has 0 radical (unpaired) electrons. The lowest BCUT2D eigenvalue weighted by Gasteiger charge is -2.13. The van der Waals surface area contributed by atoms with Crippen LogP contribution in [-0.2, 0) is 10.0 Å². The first-order valence-corrected chi connectivity index (χ1v) is 11.6. The van der Waals surface area contributed by atoms with Gasteiger partial charge in [-0.25, -0.2) is 8.42 Å². The van der Waals surface area contributed by atoms with Gasteiger partial charge in [0.15, 0.2) is 11.5 Å². The molecule has 3 rings (SSSR count). The van der Waals surface area contributed by atoms with Crippen molar-refractivity contribution in [3.63, 3.8) is 0 Å². The van der Waals surface area contributed by atoms with Crippen LogP contribution >= 0.6 is 11.6 Å². The lowest BCUT2D eigenvalue weighted by molar-refractivity contribution is 0.324. The molecule has 0 aliphatic rings. The summed E-state index contributed by atoms with van der Waals surface area (Å²) in [6.45, 7) is 0. The molecular formula is C24H24ClNO6S. The van der Waals surface area contributed by atoms with Crippen molar-refractivity contribution in [3.05, 3.63) is 70.7 Å². The Morgan fingerprint density at radius 3 is 1.85 bits per heavy atom. The van der Waals surface area contributed by atoms with E-state index in [1.807, 2.05) is 30.4 Å². The molecule has 0 bridgehead atoms. The molecule has 0 aromatic heterocycles. The maximum absolute atomic E-state index is 12.8. The van der Waals surface area contributed by atoms with Crippen LogP contribution in [-0.4, -0.2) is 36.9 Å². The minimum Gasteiger partial charge on any atom is -0.495 e. The number of sulfonamides is 1. The number of benzene rings is 3. The second-order valence-electron chi connectivity index (χ2n) is 6.81. The first-order valence-electron chi connectivity index (χ1n) is 9.75. The molecule has 0 aliphatic heterocycles. The highest BCUT2D eigenvalue weighted by molar-refractivity contribution is 7.92. The number of anilines is 1. The predicted molar refractivity (Wildman–Crippen MR) is 130 cm³/mol. The average molecular weight is 490 g/mol. The van der Waals surface area contributed by atoms with Gasteiger partial charge in [0.25, 0.3) is 10.0 Å². The molecule has 0 atom stereocenters. The van der Waals surface area contributed by atoms with Gasteiger partial charge >= 0.3 is 0 Å². The van der Waals surface area contributed by atoms with Crippen LogP contribution in [0.5, 0.6) is 23.0 Å². The van der Waals surface area contributed by atoms with Crippen LogP contribution in [0.15, 0.2) is 59.5 Å². The van der Waals surface area contributed by atoms with Crippen LogP contribution in [0.3, 0.4) is 0 Å². The van der Waals surface area contributed by atoms with Crippen molar-refractivity contribution in [3.8, 4) is 23.0 Å². The first kappa shape index (κ1) is 24.3. The van der Waals surface area contributed by atoms with E-state index in [-0.39, 0.29) is 4.90 Å². The van der Waals surface area contributed by atoms with Crippen molar-refractivity contribution in [1.29, 1.82) is 0 Å². The molecule has 0 saturated carbocycles. The fraction of sp³-hybridized carbons (Fsp3) is 0.167. The van der Waals surface area contributed by atoms with E-state index in [2.05, 4.69) is 4.72 Å². The molecule has 0 saturated heterocycles. The zero-order valence-electron chi connectivity index (χ0n) is 18.6. The third-order valence-corrected chi connectivity index (χ3v) is 6.38. The second-order valence-corrected chi connectivity index (χ2v) is 8.93. The van der Waals surface area contributed by atoms with Crippen molar-refractivity contribution < 1.29 is 27.4 Å². The quantitative estimate of drug-likeness (QED) is 0.408. The number of rotatable bonds is 9. The molecule has 3 aromatic carbocycles. The Kier molecular flexibility index (Phi) is 7.73. The van der Waals surface area contributed by atoms with E-state index in [0.29, 0.717) is 33.7 Å². The van der Waals surface area contributed by atoms with Gasteiger partial charge in [-0.05, 0) is 59.7 Å². The van der Waals surface area contributed by atoms with E-state index in [0.717, 1.165) is 11.1 Å². The van der Waals surface area contributed by atoms with Crippen molar-refractivity contribution in [2.24, 2.45) is 0 Å². The zero-order chi connectivity index (χ0) is 24.0. The molecule has 9 heteroatoms. The van der Waals surface area contributed by atoms with Crippen LogP contribution in [0.2, 0.25) is 5.02 Å². The summed E-state index contributed by atoms with van der Waals surface area (Å²) in [5, 5.41) is 0.449. The summed E-state index contributed by atoms with van der Waals surface area (Å²) in [5.41, 5.74) is 1.86. The standard InChI is InChI=1S/C24H24ClNO6S/c1-29-21-12-7-16(5-6-17-14-22(30-2)24(32-4)23(15-17)31-3)13-20(21)26-33(27,28)19-10-8-18(25)9-11-19/h5-15,26H,1-4H3. The van der Waals surface area contributed by atoms with Gasteiger partial charge in [0, 0.05) is 5.02 Å². The van der Waals surface area contributed by atoms with Crippen molar-refractivity contribution in [2.75, 3.05) is 33.2 Å². The highest BCUT2D eigenvalue weighted by atomic mass is 35.5. The molecule has 174 valence electrons. The molecule has 0 unspecified atom stereocenters. The normalized spacial score (nSPS) is 11.3. The third-order valence-electron chi connectivity index (χ3n) is 4.75. The molecule has 0 heterocycles. The Morgan fingerprint density at radius 2 is 1.30 bits per heavy atom. The van der Waals surface area contributed by atoms with Gasteiger partial charge in [0.05, 0.1) is 39.0 Å². The minimum absolute atomic E-state index is 0.0901. The second kappa shape index (κ2) is 10.5. The molecule has 0 amide bonds. The molecule has 3 aromatic rings. The Hall–Kier alpha value is -3.36. The van der Waals surface area contributed by atoms with Crippen LogP contribution in [0.4, 0.5) is 5.69 Å². The Labute approximate surface area is 198 Å². The summed E-state index contributed by atoms with van der Waals surface area (Å²) in [4.78, 5) is 0.0901. The van der Waals surface area contributed by atoms with Crippen molar-refractivity contribution in [1.82, 2.24) is 0 Å². The van der Waals surface area contributed by atoms with Gasteiger partial charge in [0.2, 0.25) is 5.75 Å². The summed E-state index contributed by atoms with van der Waals surface area (Å²) in [5.74, 6) is 1.95. The number of nitrogens with one attached hydrogen (secondary N) is 1. The zero-order valence-corrected chi connectivity index (χ0v) is 20.2. The Balaban J connectivity index is 1.93. The third kappa shape index (κ3) is 5.71. The van der Waals surface area contributed by atoms with Gasteiger partial charge in [0.1, 0.15) is 5.75 Å². The predicted octanol–water partition coefficient (Wildman–Crippen LogP) is 5.35. The van der Waals surface area contributed by atoms with Crippen LogP contribution in [0, 0.1) is 0 Å². The van der Waals surface area contributed by atoms with Gasteiger partial charge in [-0.15, -0.1) is 0 Å². The monoisotopic (exact) mass is 489 g/mol. The fourth-order valence-electron chi connectivity index (χ4n) is 3.12. The molecule has 1 N–H and O–H groups in total. The highest BCUT2D eigenvalue weighted by Crippen LogP contribution is 2.38. The summed E-state index contributed by atoms with van der Waals surface area (Å²) in [6.07, 6.45) is 3.68. The molecular weight excluding hydrogens is 466 g/mol. The van der Waals surface area contributed by atoms with Gasteiger partial charge in [-0.1, -0.05) is 29.8 Å². The first-order chi connectivity index (χ1) is 15.8. The molecule has 33 heavy (non-hydrogen) atoms. The number of ether oxygens (including phenoxy) is 4. The van der Waals surface area contributed by atoms with E-state index in [9.17, 15) is 8.42 Å². The lowest BCUT2D eigenvalue weighted by atomic mass is 10.1. The van der Waals surface area contributed by atoms with Crippen molar-refractivity contribution in [2.45, 2.75) is 4.90 Å². The number of hydrogen-bond donors (Lipinski definition) is 1. The van der Waals surface area contributed by atoms with E-state index >= 15 is 0 Å². The summed E-state index contributed by atoms with van der Waals surface area (Å²) in [7, 11) is 2.28. The molecule has 7 nitrogen and oxygen atoms in total. The van der Waals surface area contributed by atoms with E-state index < -0.39 is 10.0 Å². The smallest absolute Gasteiger partial charge is 0.262 e. The maximum Gasteiger partial charge on any atom is 0.262 e. The fourth-order valence-corrected chi connectivity index (χ4v) is 4.30. The Morgan fingerprint density at radius 1 is 0.727 bits per heavy atom. The van der Waals surface area contributed by atoms with Gasteiger partial charge in [-0.2, -0.15) is 0 Å². The summed E-state index contributed by atoms with van der Waals surface area (Å²) < 4.78 is 49.6. The van der Waals surface area contributed by atoms with Crippen LogP contribution in [0.1, 0.15) is 11.1 Å². The molecule has 0 spiro atoms. The van der Waals surface area contributed by atoms with Gasteiger partial charge in [-0.3, -0.25) is 4.72 Å². The maximum atomic E-state index is 12.8. The van der Waals surface area contributed by atoms with Crippen molar-refractivity contribution >= 4 is 39.5 Å². The minimum atomic E-state index is -3.83. The Bertz CT molecular complexity index is 1230. The van der Waals surface area contributed by atoms with E-state index in [4.69, 9.17) is 30.5 Å². The topological polar surface area (TPSA) is 83.1 Å². The summed E-state index contributed by atoms with van der Waals surface area (Å²) in [6, 6.07) is 14.7. The van der Waals surface area contributed by atoms with Crippen LogP contribution in [0.25, 0.3) is 12.2 Å². The lowest BCUT2D eigenvalue weighted by Crippen LogP contribution is -2.13. The van der Waals surface area contributed by atoms with E-state index in [1.165, 1.54) is 31.4 Å². The number of halogens is 1. The number of hydrogen-bond acceptors (Lipinski definition) is 6. The average Bonchev–Trinajstić information content (AvgIpc) is 2.82. The summed E-state index contributed by atoms with van der Waals surface area (Å²) >= 11 is 5.87.